The third kappa shape index (κ3) is 4.22. The number of rotatable bonds is 5. The molecule has 0 bridgehead atoms. The number of amides is 1. The van der Waals surface area contributed by atoms with E-state index in [2.05, 4.69) is 20.4 Å². The first-order valence-electron chi connectivity index (χ1n) is 10.8. The molecule has 0 unspecified atom stereocenters. The second kappa shape index (κ2) is 8.84. The fourth-order valence-corrected chi connectivity index (χ4v) is 4.27. The van der Waals surface area contributed by atoms with Crippen molar-refractivity contribution in [3.05, 3.63) is 88.8 Å². The maximum atomic E-state index is 15.2. The van der Waals surface area contributed by atoms with E-state index in [0.29, 0.717) is 29.1 Å². The second-order valence-corrected chi connectivity index (χ2v) is 8.49. The van der Waals surface area contributed by atoms with Crippen LogP contribution in [-0.4, -0.2) is 30.1 Å². The Morgan fingerprint density at radius 2 is 2.03 bits per heavy atom. The summed E-state index contributed by atoms with van der Waals surface area (Å²) in [5.74, 6) is -0.331. The third-order valence-corrected chi connectivity index (χ3v) is 6.05. The number of hydrogen-bond donors (Lipinski definition) is 2. The topological polar surface area (TPSA) is 103 Å². The van der Waals surface area contributed by atoms with E-state index in [0.717, 1.165) is 16.8 Å². The number of nitrogens with one attached hydrogen (secondary N) is 1. The molecule has 1 amide bonds. The van der Waals surface area contributed by atoms with Gasteiger partial charge in [-0.15, -0.1) is 0 Å². The Hall–Kier alpha value is -4.24. The van der Waals surface area contributed by atoms with E-state index in [1.54, 1.807) is 51.8 Å². The summed E-state index contributed by atoms with van der Waals surface area (Å²) in [6.45, 7) is 2.15. The largest absolute Gasteiger partial charge is 0.384 e. The van der Waals surface area contributed by atoms with Gasteiger partial charge in [0.2, 0.25) is 0 Å². The van der Waals surface area contributed by atoms with Crippen LogP contribution < -0.4 is 11.1 Å². The van der Waals surface area contributed by atoms with Crippen molar-refractivity contribution in [2.75, 3.05) is 5.73 Å². The van der Waals surface area contributed by atoms with E-state index in [1.165, 1.54) is 6.07 Å². The van der Waals surface area contributed by atoms with Crippen molar-refractivity contribution in [3.8, 4) is 22.4 Å². The van der Waals surface area contributed by atoms with Gasteiger partial charge in [0.1, 0.15) is 28.1 Å². The Morgan fingerprint density at radius 1 is 1.20 bits per heavy atom. The number of halogens is 2. The summed E-state index contributed by atoms with van der Waals surface area (Å²) in [6, 6.07) is 11.5. The zero-order valence-electron chi connectivity index (χ0n) is 19.0. The van der Waals surface area contributed by atoms with Gasteiger partial charge in [-0.25, -0.2) is 14.4 Å². The molecule has 0 aliphatic rings. The number of nitrogens with two attached hydrogens (primary N) is 1. The van der Waals surface area contributed by atoms with Crippen LogP contribution in [0.25, 0.3) is 28.0 Å². The van der Waals surface area contributed by atoms with Gasteiger partial charge in [-0.1, -0.05) is 29.8 Å². The van der Waals surface area contributed by atoms with E-state index in [-0.39, 0.29) is 22.3 Å². The maximum absolute atomic E-state index is 15.2. The minimum absolute atomic E-state index is 0.243. The molecule has 4 heterocycles. The summed E-state index contributed by atoms with van der Waals surface area (Å²) in [5.41, 5.74) is 9.97. The van der Waals surface area contributed by atoms with E-state index >= 15 is 4.39 Å². The van der Waals surface area contributed by atoms with Crippen LogP contribution in [-0.2, 0) is 13.6 Å². The third-order valence-electron chi connectivity index (χ3n) is 5.68. The lowest BCUT2D eigenvalue weighted by Gasteiger charge is -2.08. The van der Waals surface area contributed by atoms with Gasteiger partial charge in [-0.2, -0.15) is 5.10 Å². The first-order valence-corrected chi connectivity index (χ1v) is 11.2. The molecule has 5 rings (SSSR count). The predicted octanol–water partition coefficient (Wildman–Crippen LogP) is 4.41. The van der Waals surface area contributed by atoms with Crippen molar-refractivity contribution in [3.63, 3.8) is 0 Å². The average molecular weight is 490 g/mol. The van der Waals surface area contributed by atoms with Crippen LogP contribution in [0.4, 0.5) is 10.2 Å². The molecule has 0 fully saturated rings. The number of pyridine rings is 2. The van der Waals surface area contributed by atoms with Crippen molar-refractivity contribution in [2.24, 2.45) is 7.05 Å². The molecule has 176 valence electrons. The summed E-state index contributed by atoms with van der Waals surface area (Å²) in [5, 5.41) is 7.46. The monoisotopic (exact) mass is 489 g/mol. The molecule has 0 radical (unpaired) electrons. The maximum Gasteiger partial charge on any atom is 0.251 e. The van der Waals surface area contributed by atoms with Gasteiger partial charge < -0.3 is 11.1 Å². The summed E-state index contributed by atoms with van der Waals surface area (Å²) < 4.78 is 18.4. The molecule has 0 atom stereocenters. The van der Waals surface area contributed by atoms with Crippen LogP contribution in [0.1, 0.15) is 21.6 Å². The Labute approximate surface area is 205 Å². The molecule has 35 heavy (non-hydrogen) atoms. The van der Waals surface area contributed by atoms with Gasteiger partial charge in [-0.05, 0) is 42.3 Å². The van der Waals surface area contributed by atoms with E-state index < -0.39 is 5.82 Å². The highest BCUT2D eigenvalue weighted by molar-refractivity contribution is 6.32. The smallest absolute Gasteiger partial charge is 0.251 e. The second-order valence-electron chi connectivity index (χ2n) is 8.13. The highest BCUT2D eigenvalue weighted by Gasteiger charge is 2.22. The summed E-state index contributed by atoms with van der Waals surface area (Å²) in [4.78, 5) is 21.3. The molecule has 1 aromatic carbocycles. The number of aromatic nitrogens is 5. The number of nitrogen functional groups attached to an aromatic ring is 1. The molecule has 0 saturated carbocycles. The molecule has 0 spiro atoms. The van der Waals surface area contributed by atoms with Crippen molar-refractivity contribution in [1.82, 2.24) is 29.5 Å². The highest BCUT2D eigenvalue weighted by Crippen LogP contribution is 2.38. The molecule has 0 aliphatic carbocycles. The zero-order chi connectivity index (χ0) is 24.7. The standard InChI is InChI=1S/C25H21ClFN7O/c1-14-18(13-33(2)32-14)17-4-3-5-19(27)22(17)23-24(26)34-9-8-16(10-21(34)31-23)25(35)30-12-15-6-7-20(28)29-11-15/h3-11,13H,12H2,1-2H3,(H2,28,29)(H,30,35). The molecule has 4 aromatic heterocycles. The summed E-state index contributed by atoms with van der Waals surface area (Å²) in [7, 11) is 1.81. The Bertz CT molecular complexity index is 1570. The minimum Gasteiger partial charge on any atom is -0.384 e. The highest BCUT2D eigenvalue weighted by atomic mass is 35.5. The van der Waals surface area contributed by atoms with Crippen molar-refractivity contribution >= 4 is 29.0 Å². The van der Waals surface area contributed by atoms with Crippen molar-refractivity contribution in [1.29, 1.82) is 0 Å². The first kappa shape index (κ1) is 22.5. The van der Waals surface area contributed by atoms with Crippen LogP contribution in [0.15, 0.2) is 61.1 Å². The zero-order valence-corrected chi connectivity index (χ0v) is 19.7. The van der Waals surface area contributed by atoms with Crippen LogP contribution in [0.2, 0.25) is 5.15 Å². The molecular weight excluding hydrogens is 469 g/mol. The number of benzene rings is 1. The average Bonchev–Trinajstić information content (AvgIpc) is 3.35. The lowest BCUT2D eigenvalue weighted by atomic mass is 9.98. The number of anilines is 1. The van der Waals surface area contributed by atoms with Gasteiger partial charge in [0, 0.05) is 48.9 Å². The van der Waals surface area contributed by atoms with Crippen LogP contribution in [0.3, 0.4) is 0 Å². The molecule has 8 nitrogen and oxygen atoms in total. The van der Waals surface area contributed by atoms with Gasteiger partial charge >= 0.3 is 0 Å². The van der Waals surface area contributed by atoms with E-state index in [1.807, 2.05) is 26.2 Å². The molecular formula is C25H21ClFN7O. The van der Waals surface area contributed by atoms with Gasteiger partial charge in [-0.3, -0.25) is 13.9 Å². The SMILES string of the molecule is Cc1nn(C)cc1-c1cccc(F)c1-c1nc2cc(C(=O)NCc3ccc(N)nc3)ccn2c1Cl. The van der Waals surface area contributed by atoms with Crippen LogP contribution >= 0.6 is 11.6 Å². The van der Waals surface area contributed by atoms with Gasteiger partial charge in [0.05, 0.1) is 5.69 Å². The van der Waals surface area contributed by atoms with E-state index in [9.17, 15) is 4.79 Å². The molecule has 10 heteroatoms. The predicted molar refractivity (Wildman–Crippen MR) is 132 cm³/mol. The molecule has 5 aromatic rings. The number of hydrogen-bond acceptors (Lipinski definition) is 5. The first-order chi connectivity index (χ1) is 16.8. The Balaban J connectivity index is 1.51. The lowest BCUT2D eigenvalue weighted by Crippen LogP contribution is -2.23. The fraction of sp³-hybridized carbons (Fsp3) is 0.120. The quantitative estimate of drug-likeness (QED) is 0.380. The fourth-order valence-electron chi connectivity index (χ4n) is 3.99. The number of imidazole rings is 1. The Kier molecular flexibility index (Phi) is 5.70. The number of carbonyl (C=O) groups is 1. The van der Waals surface area contributed by atoms with Crippen molar-refractivity contribution in [2.45, 2.75) is 13.5 Å². The van der Waals surface area contributed by atoms with E-state index in [4.69, 9.17) is 17.3 Å². The summed E-state index contributed by atoms with van der Waals surface area (Å²) in [6.07, 6.45) is 5.08. The molecule has 0 saturated heterocycles. The van der Waals surface area contributed by atoms with Crippen LogP contribution in [0, 0.1) is 12.7 Å². The lowest BCUT2D eigenvalue weighted by molar-refractivity contribution is 0.0951. The number of fused-ring (bicyclic) bond motifs is 1. The number of carbonyl (C=O) groups excluding carboxylic acids is 1. The normalized spacial score (nSPS) is 11.2. The molecule has 3 N–H and O–H groups in total. The number of nitrogens with zero attached hydrogens (tertiary/aromatic N) is 5. The van der Waals surface area contributed by atoms with Gasteiger partial charge in [0.15, 0.2) is 0 Å². The van der Waals surface area contributed by atoms with Gasteiger partial charge in [0.25, 0.3) is 5.91 Å². The Morgan fingerprint density at radius 3 is 2.74 bits per heavy atom. The molecule has 0 aliphatic heterocycles. The van der Waals surface area contributed by atoms with Crippen LogP contribution in [0.5, 0.6) is 0 Å². The van der Waals surface area contributed by atoms with Crippen molar-refractivity contribution < 1.29 is 9.18 Å². The number of aryl methyl sites for hydroxylation is 2. The summed E-state index contributed by atoms with van der Waals surface area (Å²) >= 11 is 6.65. The minimum atomic E-state index is -0.453.